The summed E-state index contributed by atoms with van der Waals surface area (Å²) in [6.07, 6.45) is 5.20. The van der Waals surface area contributed by atoms with Crippen molar-refractivity contribution in [2.45, 2.75) is 30.6 Å². The van der Waals surface area contributed by atoms with E-state index < -0.39 is 9.05 Å². The summed E-state index contributed by atoms with van der Waals surface area (Å²) in [5, 5.41) is 2.96. The van der Waals surface area contributed by atoms with Crippen molar-refractivity contribution in [2.75, 3.05) is 6.54 Å². The average molecular weight is 328 g/mol. The molecule has 1 aromatic carbocycles. The molecule has 0 radical (unpaired) electrons. The summed E-state index contributed by atoms with van der Waals surface area (Å²) in [6.45, 7) is 0.718. The van der Waals surface area contributed by atoms with Crippen LogP contribution in [0.3, 0.4) is 0 Å². The van der Waals surface area contributed by atoms with Crippen LogP contribution in [-0.2, 0) is 9.05 Å². The molecule has 3 unspecified atom stereocenters. The van der Waals surface area contributed by atoms with Gasteiger partial charge in [0.05, 0.1) is 4.90 Å². The van der Waals surface area contributed by atoms with E-state index in [4.69, 9.17) is 10.7 Å². The van der Waals surface area contributed by atoms with Crippen LogP contribution in [0.1, 0.15) is 36.0 Å². The molecular weight excluding hydrogens is 310 g/mol. The molecule has 2 aliphatic rings. The molecule has 1 amide bonds. The van der Waals surface area contributed by atoms with E-state index in [2.05, 4.69) is 5.32 Å². The molecule has 1 aromatic rings. The van der Waals surface area contributed by atoms with Gasteiger partial charge in [-0.3, -0.25) is 4.79 Å². The fraction of sp³-hybridized carbons (Fsp3) is 0.533. The standard InChI is InChI=1S/C15H18ClNO3S/c16-21(19,20)14-5-3-11(4-6-14)15(18)17-9-13-8-10-1-2-12(13)7-10/h3-6,10,12-13H,1-2,7-9H2,(H,17,18). The third-order valence-electron chi connectivity index (χ3n) is 4.81. The first kappa shape index (κ1) is 14.9. The van der Waals surface area contributed by atoms with Crippen LogP contribution in [-0.4, -0.2) is 20.9 Å². The number of carbonyl (C=O) groups is 1. The van der Waals surface area contributed by atoms with Crippen molar-refractivity contribution in [1.29, 1.82) is 0 Å². The fourth-order valence-electron chi connectivity index (χ4n) is 3.72. The number of halogens is 1. The van der Waals surface area contributed by atoms with Crippen molar-refractivity contribution in [3.8, 4) is 0 Å². The maximum absolute atomic E-state index is 12.1. The Morgan fingerprint density at radius 1 is 1.19 bits per heavy atom. The molecule has 6 heteroatoms. The van der Waals surface area contributed by atoms with Crippen LogP contribution in [0.5, 0.6) is 0 Å². The molecule has 0 spiro atoms. The number of carbonyl (C=O) groups excluding carboxylic acids is 1. The summed E-state index contributed by atoms with van der Waals surface area (Å²) >= 11 is 0. The molecule has 0 heterocycles. The van der Waals surface area contributed by atoms with E-state index in [9.17, 15) is 13.2 Å². The van der Waals surface area contributed by atoms with Crippen molar-refractivity contribution >= 4 is 25.6 Å². The highest BCUT2D eigenvalue weighted by Crippen LogP contribution is 2.47. The Morgan fingerprint density at radius 3 is 2.43 bits per heavy atom. The third-order valence-corrected chi connectivity index (χ3v) is 6.18. The normalized spacial score (nSPS) is 27.8. The van der Waals surface area contributed by atoms with Gasteiger partial charge in [0.25, 0.3) is 15.0 Å². The van der Waals surface area contributed by atoms with Gasteiger partial charge in [0.2, 0.25) is 0 Å². The summed E-state index contributed by atoms with van der Waals surface area (Å²) in [5.74, 6) is 2.09. The molecule has 1 N–H and O–H groups in total. The van der Waals surface area contributed by atoms with Gasteiger partial charge in [-0.1, -0.05) is 6.42 Å². The Hall–Kier alpha value is -1.07. The van der Waals surface area contributed by atoms with Gasteiger partial charge < -0.3 is 5.32 Å². The highest BCUT2D eigenvalue weighted by Gasteiger charge is 2.39. The number of amides is 1. The maximum atomic E-state index is 12.1. The van der Waals surface area contributed by atoms with Gasteiger partial charge in [0.1, 0.15) is 0 Å². The van der Waals surface area contributed by atoms with E-state index in [1.54, 1.807) is 0 Å². The Balaban J connectivity index is 1.58. The lowest BCUT2D eigenvalue weighted by Gasteiger charge is -2.21. The number of fused-ring (bicyclic) bond motifs is 2. The Morgan fingerprint density at radius 2 is 1.90 bits per heavy atom. The molecule has 3 rings (SSSR count). The van der Waals surface area contributed by atoms with Crippen molar-refractivity contribution in [2.24, 2.45) is 17.8 Å². The van der Waals surface area contributed by atoms with E-state index in [0.29, 0.717) is 11.5 Å². The summed E-state index contributed by atoms with van der Waals surface area (Å²) in [5.41, 5.74) is 0.460. The Kier molecular flexibility index (Phi) is 3.97. The lowest BCUT2D eigenvalue weighted by atomic mass is 9.89. The number of benzene rings is 1. The van der Waals surface area contributed by atoms with Crippen LogP contribution in [0, 0.1) is 17.8 Å². The van der Waals surface area contributed by atoms with Crippen molar-refractivity contribution < 1.29 is 13.2 Å². The number of rotatable bonds is 4. The molecule has 3 atom stereocenters. The predicted molar refractivity (Wildman–Crippen MR) is 80.8 cm³/mol. The zero-order valence-electron chi connectivity index (χ0n) is 11.6. The van der Waals surface area contributed by atoms with Crippen LogP contribution in [0.4, 0.5) is 0 Å². The largest absolute Gasteiger partial charge is 0.352 e. The molecule has 2 fully saturated rings. The van der Waals surface area contributed by atoms with Crippen LogP contribution >= 0.6 is 10.7 Å². The van der Waals surface area contributed by atoms with Crippen LogP contribution in [0.25, 0.3) is 0 Å². The van der Waals surface area contributed by atoms with Crippen LogP contribution in [0.2, 0.25) is 0 Å². The lowest BCUT2D eigenvalue weighted by Crippen LogP contribution is -2.31. The second kappa shape index (κ2) is 5.61. The molecule has 2 bridgehead atoms. The molecule has 0 aliphatic heterocycles. The van der Waals surface area contributed by atoms with E-state index in [-0.39, 0.29) is 10.8 Å². The lowest BCUT2D eigenvalue weighted by molar-refractivity contribution is 0.0941. The van der Waals surface area contributed by atoms with Crippen molar-refractivity contribution in [3.63, 3.8) is 0 Å². The number of hydrogen-bond donors (Lipinski definition) is 1. The van der Waals surface area contributed by atoms with Crippen molar-refractivity contribution in [3.05, 3.63) is 29.8 Å². The molecule has 2 aliphatic carbocycles. The summed E-state index contributed by atoms with van der Waals surface area (Å²) < 4.78 is 22.3. The first-order chi connectivity index (χ1) is 9.93. The highest BCUT2D eigenvalue weighted by atomic mass is 35.7. The molecule has 2 saturated carbocycles. The highest BCUT2D eigenvalue weighted by molar-refractivity contribution is 8.13. The third kappa shape index (κ3) is 3.24. The zero-order chi connectivity index (χ0) is 15.0. The minimum Gasteiger partial charge on any atom is -0.352 e. The molecule has 114 valence electrons. The first-order valence-corrected chi connectivity index (χ1v) is 9.57. The number of nitrogens with one attached hydrogen (secondary N) is 1. The molecular formula is C15H18ClNO3S. The van der Waals surface area contributed by atoms with E-state index >= 15 is 0 Å². The Bertz CT molecular complexity index is 641. The number of hydrogen-bond acceptors (Lipinski definition) is 3. The Labute approximate surface area is 129 Å². The van der Waals surface area contributed by atoms with E-state index in [1.807, 2.05) is 0 Å². The molecule has 0 aromatic heterocycles. The van der Waals surface area contributed by atoms with Crippen LogP contribution in [0.15, 0.2) is 29.2 Å². The van der Waals surface area contributed by atoms with Crippen molar-refractivity contribution in [1.82, 2.24) is 5.32 Å². The fourth-order valence-corrected chi connectivity index (χ4v) is 4.49. The molecule has 0 saturated heterocycles. The van der Waals surface area contributed by atoms with Gasteiger partial charge in [-0.2, -0.15) is 0 Å². The summed E-state index contributed by atoms with van der Waals surface area (Å²) in [4.78, 5) is 12.1. The quantitative estimate of drug-likeness (QED) is 0.865. The molecule has 4 nitrogen and oxygen atoms in total. The monoisotopic (exact) mass is 327 g/mol. The first-order valence-electron chi connectivity index (χ1n) is 7.26. The predicted octanol–water partition coefficient (Wildman–Crippen LogP) is 2.78. The van der Waals surface area contributed by atoms with E-state index in [0.717, 1.165) is 18.4 Å². The van der Waals surface area contributed by atoms with E-state index in [1.165, 1.54) is 49.9 Å². The minimum absolute atomic E-state index is 0.00817. The minimum atomic E-state index is -3.74. The van der Waals surface area contributed by atoms with Crippen LogP contribution < -0.4 is 5.32 Å². The van der Waals surface area contributed by atoms with Gasteiger partial charge in [0.15, 0.2) is 0 Å². The zero-order valence-corrected chi connectivity index (χ0v) is 13.2. The topological polar surface area (TPSA) is 63.2 Å². The average Bonchev–Trinajstić information content (AvgIpc) is 3.06. The maximum Gasteiger partial charge on any atom is 0.261 e. The van der Waals surface area contributed by atoms with Gasteiger partial charge in [-0.05, 0) is 61.3 Å². The summed E-state index contributed by atoms with van der Waals surface area (Å²) in [7, 11) is 1.51. The van der Waals surface area contributed by atoms with Gasteiger partial charge in [-0.15, -0.1) is 0 Å². The second-order valence-electron chi connectivity index (χ2n) is 6.11. The smallest absolute Gasteiger partial charge is 0.261 e. The second-order valence-corrected chi connectivity index (χ2v) is 8.67. The molecule has 21 heavy (non-hydrogen) atoms. The SMILES string of the molecule is O=C(NCC1CC2CCC1C2)c1ccc(S(=O)(=O)Cl)cc1. The van der Waals surface area contributed by atoms with Gasteiger partial charge in [0, 0.05) is 22.8 Å². The van der Waals surface area contributed by atoms with Gasteiger partial charge in [-0.25, -0.2) is 8.42 Å². The van der Waals surface area contributed by atoms with Gasteiger partial charge >= 0.3 is 0 Å². The summed E-state index contributed by atoms with van der Waals surface area (Å²) in [6, 6.07) is 5.69.